The first-order chi connectivity index (χ1) is 10.8. The minimum absolute atomic E-state index is 0.0391. The summed E-state index contributed by atoms with van der Waals surface area (Å²) in [5.74, 6) is -1.19. The lowest BCUT2D eigenvalue weighted by Gasteiger charge is -2.07. The molecule has 0 fully saturated rings. The number of hydrogen-bond acceptors (Lipinski definition) is 4. The maximum Gasteiger partial charge on any atom is 0.280 e. The van der Waals surface area contributed by atoms with E-state index in [1.807, 2.05) is 0 Å². The number of thioether (sulfide) groups is 1. The van der Waals surface area contributed by atoms with Gasteiger partial charge in [-0.15, -0.1) is 0 Å². The summed E-state index contributed by atoms with van der Waals surface area (Å²) < 4.78 is 39.5. The van der Waals surface area contributed by atoms with Gasteiger partial charge in [0.05, 0.1) is 11.4 Å². The Morgan fingerprint density at radius 1 is 1.35 bits per heavy atom. The van der Waals surface area contributed by atoms with Gasteiger partial charge in [-0.2, -0.15) is 0 Å². The van der Waals surface area contributed by atoms with Gasteiger partial charge in [0.1, 0.15) is 11.5 Å². The smallest absolute Gasteiger partial charge is 0.280 e. The Hall–Kier alpha value is -1.61. The number of nitrogens with one attached hydrogen (secondary N) is 1. The van der Waals surface area contributed by atoms with Crippen molar-refractivity contribution in [3.8, 4) is 0 Å². The molecule has 0 aliphatic rings. The molecule has 9 heteroatoms. The molecular formula is C14H11BrF3N3OS. The number of rotatable bonds is 5. The van der Waals surface area contributed by atoms with Crippen LogP contribution in [0.1, 0.15) is 17.8 Å². The van der Waals surface area contributed by atoms with E-state index in [-0.39, 0.29) is 22.3 Å². The molecule has 23 heavy (non-hydrogen) atoms. The van der Waals surface area contributed by atoms with Crippen molar-refractivity contribution in [1.82, 2.24) is 9.97 Å². The molecule has 0 radical (unpaired) electrons. The Bertz CT molecular complexity index is 730. The third kappa shape index (κ3) is 5.21. The van der Waals surface area contributed by atoms with Crippen molar-refractivity contribution in [2.75, 3.05) is 11.1 Å². The Kier molecular flexibility index (Phi) is 6.00. The summed E-state index contributed by atoms with van der Waals surface area (Å²) >= 11 is 4.02. The molecule has 0 saturated carbocycles. The van der Waals surface area contributed by atoms with Gasteiger partial charge < -0.3 is 5.32 Å². The number of aromatic nitrogens is 2. The first-order valence-corrected chi connectivity index (χ1v) is 8.14. The van der Waals surface area contributed by atoms with E-state index in [0.29, 0.717) is 10.2 Å². The number of halogens is 4. The molecule has 0 saturated heterocycles. The molecule has 2 rings (SSSR count). The van der Waals surface area contributed by atoms with Gasteiger partial charge in [0.15, 0.2) is 5.16 Å². The van der Waals surface area contributed by atoms with Gasteiger partial charge >= 0.3 is 0 Å². The minimum Gasteiger partial charge on any atom is -0.323 e. The lowest BCUT2D eigenvalue weighted by Crippen LogP contribution is -2.15. The van der Waals surface area contributed by atoms with E-state index in [4.69, 9.17) is 0 Å². The highest BCUT2D eigenvalue weighted by Gasteiger charge is 2.14. The Morgan fingerprint density at radius 2 is 2.09 bits per heavy atom. The summed E-state index contributed by atoms with van der Waals surface area (Å²) in [6.07, 6.45) is -2.71. The SMILES string of the molecule is Cc1cc(C(F)F)nc(SCC(=O)Nc2ccc(Br)cc2F)n1. The lowest BCUT2D eigenvalue weighted by molar-refractivity contribution is -0.113. The summed E-state index contributed by atoms with van der Waals surface area (Å²) in [7, 11) is 0. The summed E-state index contributed by atoms with van der Waals surface area (Å²) in [6, 6.07) is 5.41. The van der Waals surface area contributed by atoms with Crippen molar-refractivity contribution in [3.63, 3.8) is 0 Å². The molecule has 1 heterocycles. The Labute approximate surface area is 143 Å². The van der Waals surface area contributed by atoms with Gasteiger partial charge in [-0.25, -0.2) is 23.1 Å². The topological polar surface area (TPSA) is 54.9 Å². The van der Waals surface area contributed by atoms with Crippen molar-refractivity contribution >= 4 is 39.3 Å². The molecule has 1 N–H and O–H groups in total. The maximum absolute atomic E-state index is 13.6. The highest BCUT2D eigenvalue weighted by Crippen LogP contribution is 2.22. The molecule has 0 bridgehead atoms. The first kappa shape index (κ1) is 17.7. The van der Waals surface area contributed by atoms with Crippen molar-refractivity contribution in [1.29, 1.82) is 0 Å². The van der Waals surface area contributed by atoms with Crippen LogP contribution in [0.3, 0.4) is 0 Å². The second-order valence-electron chi connectivity index (χ2n) is 4.48. The second-order valence-corrected chi connectivity index (χ2v) is 6.34. The van der Waals surface area contributed by atoms with Crippen LogP contribution in [0.5, 0.6) is 0 Å². The number of alkyl halides is 2. The van der Waals surface area contributed by atoms with Gasteiger partial charge in [-0.05, 0) is 31.2 Å². The molecule has 2 aromatic rings. The number of anilines is 1. The van der Waals surface area contributed by atoms with Gasteiger partial charge in [-0.3, -0.25) is 4.79 Å². The van der Waals surface area contributed by atoms with Crippen LogP contribution >= 0.6 is 27.7 Å². The molecule has 122 valence electrons. The molecule has 1 aromatic carbocycles. The average Bonchev–Trinajstić information content (AvgIpc) is 2.47. The first-order valence-electron chi connectivity index (χ1n) is 6.36. The number of nitrogens with zero attached hydrogens (tertiary/aromatic N) is 2. The zero-order valence-electron chi connectivity index (χ0n) is 11.8. The molecule has 0 aliphatic carbocycles. The van der Waals surface area contributed by atoms with Crippen molar-refractivity contribution in [2.45, 2.75) is 18.5 Å². The number of aryl methyl sites for hydroxylation is 1. The number of hydrogen-bond donors (Lipinski definition) is 1. The summed E-state index contributed by atoms with van der Waals surface area (Å²) in [5.41, 5.74) is 0.0359. The lowest BCUT2D eigenvalue weighted by atomic mass is 10.3. The van der Waals surface area contributed by atoms with E-state index in [1.165, 1.54) is 18.2 Å². The predicted octanol–water partition coefficient (Wildman–Crippen LogP) is 4.36. The van der Waals surface area contributed by atoms with Crippen LogP contribution in [0.25, 0.3) is 0 Å². The second kappa shape index (κ2) is 7.78. The normalized spacial score (nSPS) is 10.9. The zero-order valence-corrected chi connectivity index (χ0v) is 14.2. The van der Waals surface area contributed by atoms with E-state index in [1.54, 1.807) is 13.0 Å². The third-order valence-corrected chi connectivity index (χ3v) is 3.96. The quantitative estimate of drug-likeness (QED) is 0.593. The Balaban J connectivity index is 1.99. The van der Waals surface area contributed by atoms with E-state index in [2.05, 4.69) is 31.2 Å². The van der Waals surface area contributed by atoms with Gasteiger partial charge in [-0.1, -0.05) is 27.7 Å². The molecule has 0 spiro atoms. The van der Waals surface area contributed by atoms with Crippen molar-refractivity contribution in [2.24, 2.45) is 0 Å². The molecule has 1 amide bonds. The molecular weight excluding hydrogens is 395 g/mol. The fraction of sp³-hybridized carbons (Fsp3) is 0.214. The van der Waals surface area contributed by atoms with Crippen LogP contribution in [-0.4, -0.2) is 21.6 Å². The van der Waals surface area contributed by atoms with Crippen LogP contribution in [0.15, 0.2) is 33.9 Å². The van der Waals surface area contributed by atoms with Crippen LogP contribution in [0.2, 0.25) is 0 Å². The van der Waals surface area contributed by atoms with E-state index in [0.717, 1.165) is 11.8 Å². The molecule has 0 unspecified atom stereocenters. The largest absolute Gasteiger partial charge is 0.323 e. The van der Waals surface area contributed by atoms with E-state index >= 15 is 0 Å². The molecule has 0 atom stereocenters. The summed E-state index contributed by atoms with van der Waals surface area (Å²) in [5, 5.41) is 2.48. The van der Waals surface area contributed by atoms with Crippen molar-refractivity contribution in [3.05, 3.63) is 45.9 Å². The number of benzene rings is 1. The minimum atomic E-state index is -2.71. The van der Waals surface area contributed by atoms with Gasteiger partial charge in [0.2, 0.25) is 5.91 Å². The third-order valence-electron chi connectivity index (χ3n) is 2.61. The monoisotopic (exact) mass is 405 g/mol. The van der Waals surface area contributed by atoms with Gasteiger partial charge in [0.25, 0.3) is 6.43 Å². The van der Waals surface area contributed by atoms with E-state index in [9.17, 15) is 18.0 Å². The summed E-state index contributed by atoms with van der Waals surface area (Å²) in [6.45, 7) is 1.56. The highest BCUT2D eigenvalue weighted by molar-refractivity contribution is 9.10. The average molecular weight is 406 g/mol. The molecule has 0 aliphatic heterocycles. The fourth-order valence-corrected chi connectivity index (χ4v) is 2.69. The predicted molar refractivity (Wildman–Crippen MR) is 85.2 cm³/mol. The number of amides is 1. The zero-order chi connectivity index (χ0) is 17.0. The number of carbonyl (C=O) groups is 1. The van der Waals surface area contributed by atoms with Crippen LogP contribution < -0.4 is 5.32 Å². The van der Waals surface area contributed by atoms with Crippen LogP contribution in [0, 0.1) is 12.7 Å². The highest BCUT2D eigenvalue weighted by atomic mass is 79.9. The van der Waals surface area contributed by atoms with E-state index < -0.39 is 18.1 Å². The maximum atomic E-state index is 13.6. The standard InChI is InChI=1S/C14H11BrF3N3OS/c1-7-4-11(13(17)18)21-14(19-7)23-6-12(22)20-10-3-2-8(15)5-9(10)16/h2-5,13H,6H2,1H3,(H,20,22). The fourth-order valence-electron chi connectivity index (χ4n) is 1.65. The molecule has 1 aromatic heterocycles. The Morgan fingerprint density at radius 3 is 2.74 bits per heavy atom. The van der Waals surface area contributed by atoms with Crippen LogP contribution in [0.4, 0.5) is 18.9 Å². The summed E-state index contributed by atoms with van der Waals surface area (Å²) in [4.78, 5) is 19.5. The van der Waals surface area contributed by atoms with Gasteiger partial charge in [0, 0.05) is 10.2 Å². The number of carbonyl (C=O) groups excluding carboxylic acids is 1. The molecule has 4 nitrogen and oxygen atoms in total. The van der Waals surface area contributed by atoms with Crippen LogP contribution in [-0.2, 0) is 4.79 Å². The van der Waals surface area contributed by atoms with Crippen molar-refractivity contribution < 1.29 is 18.0 Å².